The maximum absolute atomic E-state index is 12.5. The maximum Gasteiger partial charge on any atom is 0.247 e. The molecule has 4 aromatic rings. The highest BCUT2D eigenvalue weighted by Gasteiger charge is 2.30. The molecule has 30 heavy (non-hydrogen) atoms. The van der Waals surface area contributed by atoms with Crippen molar-refractivity contribution in [2.75, 3.05) is 0 Å². The van der Waals surface area contributed by atoms with Gasteiger partial charge < -0.3 is 0 Å². The third-order valence-corrected chi connectivity index (χ3v) is 5.37. The molecule has 3 aromatic heterocycles. The molecular formula is C23H21N5O2. The smallest absolute Gasteiger partial charge is 0.247 e. The van der Waals surface area contributed by atoms with E-state index in [1.807, 2.05) is 48.5 Å². The van der Waals surface area contributed by atoms with Gasteiger partial charge in [-0.3, -0.25) is 9.59 Å². The first-order valence-corrected chi connectivity index (χ1v) is 10.2. The normalized spacial score (nSPS) is 13.6. The minimum absolute atomic E-state index is 0.0633. The van der Waals surface area contributed by atoms with Gasteiger partial charge >= 0.3 is 0 Å². The van der Waals surface area contributed by atoms with Crippen LogP contribution >= 0.6 is 0 Å². The molecule has 1 fully saturated rings. The molecule has 0 aliphatic heterocycles. The Hall–Kier alpha value is -3.61. The average molecular weight is 399 g/mol. The number of carbonyl (C=O) groups is 2. The van der Waals surface area contributed by atoms with E-state index in [-0.39, 0.29) is 24.0 Å². The standard InChI is InChI=1S/C23H21N5O2/c29-20(17-10-11-17)13-21-25-22-8-4-7-19(28(22)26-21)18-14-24-27(15-18)23(30)12-9-16-5-2-1-3-6-16/h1-8,14-15,17H,9-13H2. The summed E-state index contributed by atoms with van der Waals surface area (Å²) in [6.07, 6.45) is 6.66. The Morgan fingerprint density at radius 3 is 2.67 bits per heavy atom. The number of rotatable bonds is 7. The molecular weight excluding hydrogens is 378 g/mol. The first-order chi connectivity index (χ1) is 14.7. The van der Waals surface area contributed by atoms with Gasteiger partial charge in [-0.05, 0) is 37.0 Å². The number of carbonyl (C=O) groups excluding carboxylic acids is 2. The second-order valence-corrected chi connectivity index (χ2v) is 7.68. The number of pyridine rings is 1. The predicted molar refractivity (Wildman–Crippen MR) is 111 cm³/mol. The van der Waals surface area contributed by atoms with Gasteiger partial charge in [-0.25, -0.2) is 14.2 Å². The van der Waals surface area contributed by atoms with Gasteiger partial charge in [-0.1, -0.05) is 36.4 Å². The molecule has 0 atom stereocenters. The van der Waals surface area contributed by atoms with Gasteiger partial charge in [0.2, 0.25) is 5.91 Å². The minimum atomic E-state index is -0.0633. The van der Waals surface area contributed by atoms with Crippen LogP contribution in [0.4, 0.5) is 0 Å². The van der Waals surface area contributed by atoms with E-state index in [2.05, 4.69) is 15.2 Å². The molecule has 7 nitrogen and oxygen atoms in total. The monoisotopic (exact) mass is 399 g/mol. The van der Waals surface area contributed by atoms with E-state index in [1.54, 1.807) is 16.9 Å². The minimum Gasteiger partial charge on any atom is -0.299 e. The lowest BCUT2D eigenvalue weighted by Gasteiger charge is -2.02. The van der Waals surface area contributed by atoms with Gasteiger partial charge in [-0.2, -0.15) is 10.2 Å². The predicted octanol–water partition coefficient (Wildman–Crippen LogP) is 3.39. The third-order valence-electron chi connectivity index (χ3n) is 5.37. The summed E-state index contributed by atoms with van der Waals surface area (Å²) in [6.45, 7) is 0. The lowest BCUT2D eigenvalue weighted by Crippen LogP contribution is -2.11. The van der Waals surface area contributed by atoms with Crippen LogP contribution < -0.4 is 0 Å². The number of Topliss-reactive ketones (excluding diaryl/α,β-unsaturated/α-hetero) is 1. The average Bonchev–Trinajstić information content (AvgIpc) is 3.36. The van der Waals surface area contributed by atoms with Crippen LogP contribution in [0.1, 0.15) is 35.4 Å². The van der Waals surface area contributed by atoms with Crippen molar-refractivity contribution >= 4 is 17.3 Å². The maximum atomic E-state index is 12.5. The number of hydrogen-bond acceptors (Lipinski definition) is 5. The number of aryl methyl sites for hydroxylation is 1. The fourth-order valence-corrected chi connectivity index (χ4v) is 3.55. The molecule has 3 heterocycles. The fourth-order valence-electron chi connectivity index (χ4n) is 3.55. The van der Waals surface area contributed by atoms with Crippen LogP contribution in [0.5, 0.6) is 0 Å². The number of hydrogen-bond donors (Lipinski definition) is 0. The van der Waals surface area contributed by atoms with Gasteiger partial charge in [0, 0.05) is 24.1 Å². The van der Waals surface area contributed by atoms with E-state index in [1.165, 1.54) is 4.68 Å². The van der Waals surface area contributed by atoms with Crippen LogP contribution in [-0.4, -0.2) is 36.1 Å². The Labute approximate surface area is 173 Å². The summed E-state index contributed by atoms with van der Waals surface area (Å²) in [6, 6.07) is 15.6. The molecule has 0 spiro atoms. The zero-order valence-corrected chi connectivity index (χ0v) is 16.4. The van der Waals surface area contributed by atoms with E-state index in [0.29, 0.717) is 24.3 Å². The van der Waals surface area contributed by atoms with Crippen molar-refractivity contribution in [1.82, 2.24) is 24.4 Å². The number of ketones is 1. The Morgan fingerprint density at radius 1 is 1.03 bits per heavy atom. The lowest BCUT2D eigenvalue weighted by molar-refractivity contribution is -0.119. The summed E-state index contributed by atoms with van der Waals surface area (Å²) in [5.41, 5.74) is 3.36. The quantitative estimate of drug-likeness (QED) is 0.476. The molecule has 0 N–H and O–H groups in total. The molecule has 5 rings (SSSR count). The van der Waals surface area contributed by atoms with Crippen LogP contribution in [0.2, 0.25) is 0 Å². The third kappa shape index (κ3) is 3.78. The Kier molecular flexibility index (Phi) is 4.71. The molecule has 1 aromatic carbocycles. The zero-order chi connectivity index (χ0) is 20.5. The largest absolute Gasteiger partial charge is 0.299 e. The first kappa shape index (κ1) is 18.4. The Morgan fingerprint density at radius 2 is 1.87 bits per heavy atom. The summed E-state index contributed by atoms with van der Waals surface area (Å²) in [5, 5.41) is 8.78. The van der Waals surface area contributed by atoms with E-state index in [9.17, 15) is 9.59 Å². The second kappa shape index (κ2) is 7.67. The van der Waals surface area contributed by atoms with Crippen LogP contribution in [0.15, 0.2) is 60.9 Å². The fraction of sp³-hybridized carbons (Fsp3) is 0.261. The van der Waals surface area contributed by atoms with Crippen LogP contribution in [-0.2, 0) is 17.6 Å². The molecule has 0 bridgehead atoms. The summed E-state index contributed by atoms with van der Waals surface area (Å²) in [7, 11) is 0. The summed E-state index contributed by atoms with van der Waals surface area (Å²) in [4.78, 5) is 29.1. The van der Waals surface area contributed by atoms with Gasteiger partial charge in [0.1, 0.15) is 5.78 Å². The number of aromatic nitrogens is 5. The molecule has 0 saturated heterocycles. The second-order valence-electron chi connectivity index (χ2n) is 7.68. The molecule has 1 aliphatic rings. The van der Waals surface area contributed by atoms with E-state index >= 15 is 0 Å². The lowest BCUT2D eigenvalue weighted by atomic mass is 10.1. The Balaban J connectivity index is 1.35. The van der Waals surface area contributed by atoms with Crippen LogP contribution in [0.25, 0.3) is 16.9 Å². The summed E-state index contributed by atoms with van der Waals surface area (Å²) < 4.78 is 3.09. The highest BCUT2D eigenvalue weighted by Crippen LogP contribution is 2.30. The van der Waals surface area contributed by atoms with Crippen molar-refractivity contribution < 1.29 is 9.59 Å². The molecule has 7 heteroatoms. The number of fused-ring (bicyclic) bond motifs is 1. The SMILES string of the molecule is O=C(Cc1nc2cccc(-c3cnn(C(=O)CCc4ccccc4)c3)n2n1)C1CC1. The zero-order valence-electron chi connectivity index (χ0n) is 16.4. The van der Waals surface area contributed by atoms with Crippen molar-refractivity contribution in [3.8, 4) is 11.3 Å². The van der Waals surface area contributed by atoms with Crippen molar-refractivity contribution in [3.63, 3.8) is 0 Å². The highest BCUT2D eigenvalue weighted by atomic mass is 16.2. The van der Waals surface area contributed by atoms with Gasteiger partial charge in [0.05, 0.1) is 18.3 Å². The molecule has 1 saturated carbocycles. The molecule has 0 amide bonds. The van der Waals surface area contributed by atoms with Gasteiger partial charge in [-0.15, -0.1) is 0 Å². The summed E-state index contributed by atoms with van der Waals surface area (Å²) in [5.74, 6) is 0.873. The Bertz CT molecular complexity index is 1220. The topological polar surface area (TPSA) is 82.1 Å². The van der Waals surface area contributed by atoms with Crippen molar-refractivity contribution in [2.24, 2.45) is 5.92 Å². The number of benzene rings is 1. The molecule has 1 aliphatic carbocycles. The molecule has 0 radical (unpaired) electrons. The van der Waals surface area contributed by atoms with Crippen molar-refractivity contribution in [2.45, 2.75) is 32.1 Å². The van der Waals surface area contributed by atoms with E-state index in [0.717, 1.165) is 29.7 Å². The van der Waals surface area contributed by atoms with Crippen LogP contribution in [0.3, 0.4) is 0 Å². The molecule has 150 valence electrons. The summed E-state index contributed by atoms with van der Waals surface area (Å²) >= 11 is 0. The van der Waals surface area contributed by atoms with Crippen LogP contribution in [0, 0.1) is 5.92 Å². The number of nitrogens with zero attached hydrogens (tertiary/aromatic N) is 5. The van der Waals surface area contributed by atoms with E-state index in [4.69, 9.17) is 0 Å². The van der Waals surface area contributed by atoms with E-state index < -0.39 is 0 Å². The van der Waals surface area contributed by atoms with Crippen molar-refractivity contribution in [3.05, 3.63) is 72.3 Å². The molecule has 0 unspecified atom stereocenters. The highest BCUT2D eigenvalue weighted by molar-refractivity contribution is 5.84. The van der Waals surface area contributed by atoms with Gasteiger partial charge in [0.25, 0.3) is 0 Å². The first-order valence-electron chi connectivity index (χ1n) is 10.2. The van der Waals surface area contributed by atoms with Crippen molar-refractivity contribution in [1.29, 1.82) is 0 Å². The van der Waals surface area contributed by atoms with Gasteiger partial charge in [0.15, 0.2) is 11.5 Å².